The van der Waals surface area contributed by atoms with Crippen molar-refractivity contribution in [3.63, 3.8) is 0 Å². The van der Waals surface area contributed by atoms with Gasteiger partial charge in [-0.15, -0.1) is 0 Å². The zero-order valence-electron chi connectivity index (χ0n) is 9.62. The monoisotopic (exact) mass is 230 g/mol. The molecular formula is C10H18N2O4. The molecule has 6 nitrogen and oxygen atoms in total. The van der Waals surface area contributed by atoms with Gasteiger partial charge in [0.1, 0.15) is 12.1 Å². The molecule has 0 aromatic rings. The van der Waals surface area contributed by atoms with Gasteiger partial charge in [-0.3, -0.25) is 4.79 Å². The molecule has 6 heteroatoms. The molecule has 92 valence electrons. The van der Waals surface area contributed by atoms with E-state index in [1.807, 2.05) is 6.92 Å². The third kappa shape index (κ3) is 3.46. The molecular weight excluding hydrogens is 212 g/mol. The Bertz CT molecular complexity index is 251. The van der Waals surface area contributed by atoms with Crippen LogP contribution in [0.4, 0.5) is 0 Å². The summed E-state index contributed by atoms with van der Waals surface area (Å²) in [5.74, 6) is -0.649. The highest BCUT2D eigenvalue weighted by Gasteiger charge is 2.26. The number of amides is 1. The maximum atomic E-state index is 11.7. The van der Waals surface area contributed by atoms with Gasteiger partial charge in [-0.05, 0) is 6.42 Å². The number of morpholine rings is 1. The van der Waals surface area contributed by atoms with Crippen molar-refractivity contribution in [2.45, 2.75) is 25.4 Å². The lowest BCUT2D eigenvalue weighted by molar-refractivity contribution is -0.145. The molecule has 0 aromatic heterocycles. The van der Waals surface area contributed by atoms with Crippen molar-refractivity contribution in [1.82, 2.24) is 10.6 Å². The number of carbonyl (C=O) groups excluding carboxylic acids is 2. The normalized spacial score (nSPS) is 22.2. The maximum Gasteiger partial charge on any atom is 0.328 e. The number of rotatable bonds is 4. The van der Waals surface area contributed by atoms with Gasteiger partial charge in [0.2, 0.25) is 5.91 Å². The molecule has 0 spiro atoms. The fourth-order valence-electron chi connectivity index (χ4n) is 1.48. The maximum absolute atomic E-state index is 11.7. The van der Waals surface area contributed by atoms with Crippen LogP contribution in [0.2, 0.25) is 0 Å². The Morgan fingerprint density at radius 3 is 2.88 bits per heavy atom. The summed E-state index contributed by atoms with van der Waals surface area (Å²) in [5, 5.41) is 5.65. The number of hydrogen-bond acceptors (Lipinski definition) is 5. The number of nitrogens with one attached hydrogen (secondary N) is 2. The second-order valence-corrected chi connectivity index (χ2v) is 3.57. The second kappa shape index (κ2) is 6.44. The number of esters is 1. The summed E-state index contributed by atoms with van der Waals surface area (Å²) in [4.78, 5) is 23.0. The first-order chi connectivity index (χ1) is 7.69. The molecule has 2 N–H and O–H groups in total. The molecule has 1 fully saturated rings. The van der Waals surface area contributed by atoms with Gasteiger partial charge in [0.05, 0.1) is 20.3 Å². The average molecular weight is 230 g/mol. The predicted molar refractivity (Wildman–Crippen MR) is 56.8 cm³/mol. The number of ether oxygens (including phenoxy) is 2. The molecule has 16 heavy (non-hydrogen) atoms. The van der Waals surface area contributed by atoms with Gasteiger partial charge < -0.3 is 20.1 Å². The fraction of sp³-hybridized carbons (Fsp3) is 0.800. The standard InChI is InChI=1S/C10H18N2O4/c1-3-7(10(14)15-2)12-9(13)8-6-16-5-4-11-8/h7-8,11H,3-6H2,1-2H3,(H,12,13). The predicted octanol–water partition coefficient (Wildman–Crippen LogP) is -0.957. The van der Waals surface area contributed by atoms with Crippen molar-refractivity contribution in [2.24, 2.45) is 0 Å². The zero-order chi connectivity index (χ0) is 12.0. The molecule has 1 saturated heterocycles. The quantitative estimate of drug-likeness (QED) is 0.608. The minimum Gasteiger partial charge on any atom is -0.467 e. The summed E-state index contributed by atoms with van der Waals surface area (Å²) in [5.41, 5.74) is 0. The Morgan fingerprint density at radius 1 is 1.62 bits per heavy atom. The van der Waals surface area contributed by atoms with Gasteiger partial charge in [0.15, 0.2) is 0 Å². The number of hydrogen-bond donors (Lipinski definition) is 2. The molecule has 2 atom stereocenters. The van der Waals surface area contributed by atoms with Crippen LogP contribution in [0.5, 0.6) is 0 Å². The van der Waals surface area contributed by atoms with Gasteiger partial charge in [-0.25, -0.2) is 4.79 Å². The van der Waals surface area contributed by atoms with Crippen molar-refractivity contribution < 1.29 is 19.1 Å². The van der Waals surface area contributed by atoms with E-state index in [-0.39, 0.29) is 11.9 Å². The molecule has 0 aromatic carbocycles. The van der Waals surface area contributed by atoms with Crippen LogP contribution in [-0.2, 0) is 19.1 Å². The molecule has 0 radical (unpaired) electrons. The van der Waals surface area contributed by atoms with E-state index in [0.717, 1.165) is 0 Å². The lowest BCUT2D eigenvalue weighted by Crippen LogP contribution is -2.54. The Balaban J connectivity index is 2.44. The summed E-state index contributed by atoms with van der Waals surface area (Å²) in [6.07, 6.45) is 0.506. The Kier molecular flexibility index (Phi) is 5.21. The lowest BCUT2D eigenvalue weighted by atomic mass is 10.2. The first-order valence-electron chi connectivity index (χ1n) is 5.38. The number of carbonyl (C=O) groups is 2. The molecule has 1 amide bonds. The van der Waals surface area contributed by atoms with Crippen LogP contribution in [0.15, 0.2) is 0 Å². The highest BCUT2D eigenvalue weighted by Crippen LogP contribution is 1.98. The first-order valence-corrected chi connectivity index (χ1v) is 5.38. The minimum absolute atomic E-state index is 0.225. The Hall–Kier alpha value is -1.14. The van der Waals surface area contributed by atoms with E-state index in [2.05, 4.69) is 15.4 Å². The van der Waals surface area contributed by atoms with E-state index < -0.39 is 12.0 Å². The van der Waals surface area contributed by atoms with Crippen LogP contribution in [0.1, 0.15) is 13.3 Å². The van der Waals surface area contributed by atoms with E-state index in [0.29, 0.717) is 26.2 Å². The molecule has 0 saturated carbocycles. The van der Waals surface area contributed by atoms with Crippen molar-refractivity contribution >= 4 is 11.9 Å². The SMILES string of the molecule is CCC(NC(=O)C1COCCN1)C(=O)OC. The zero-order valence-corrected chi connectivity index (χ0v) is 9.62. The third-order valence-electron chi connectivity index (χ3n) is 2.45. The topological polar surface area (TPSA) is 76.7 Å². The van der Waals surface area contributed by atoms with Crippen LogP contribution < -0.4 is 10.6 Å². The van der Waals surface area contributed by atoms with Crippen LogP contribution in [0.25, 0.3) is 0 Å². The van der Waals surface area contributed by atoms with Gasteiger partial charge >= 0.3 is 5.97 Å². The summed E-state index contributed by atoms with van der Waals surface area (Å²) < 4.78 is 9.75. The number of methoxy groups -OCH3 is 1. The van der Waals surface area contributed by atoms with Crippen LogP contribution in [0, 0.1) is 0 Å². The van der Waals surface area contributed by atoms with E-state index in [1.54, 1.807) is 0 Å². The van der Waals surface area contributed by atoms with Crippen LogP contribution in [-0.4, -0.2) is 50.8 Å². The van der Waals surface area contributed by atoms with E-state index >= 15 is 0 Å². The Labute approximate surface area is 94.7 Å². The summed E-state index contributed by atoms with van der Waals surface area (Å²) in [6.45, 7) is 3.40. The van der Waals surface area contributed by atoms with Crippen molar-refractivity contribution in [2.75, 3.05) is 26.9 Å². The molecule has 0 aliphatic carbocycles. The van der Waals surface area contributed by atoms with Gasteiger partial charge in [-0.2, -0.15) is 0 Å². The molecule has 0 bridgehead atoms. The van der Waals surface area contributed by atoms with E-state index in [4.69, 9.17) is 4.74 Å². The van der Waals surface area contributed by atoms with Gasteiger partial charge in [0.25, 0.3) is 0 Å². The first kappa shape index (κ1) is 12.9. The largest absolute Gasteiger partial charge is 0.467 e. The van der Waals surface area contributed by atoms with Crippen molar-refractivity contribution in [3.05, 3.63) is 0 Å². The lowest BCUT2D eigenvalue weighted by Gasteiger charge is -2.24. The highest BCUT2D eigenvalue weighted by molar-refractivity contribution is 5.87. The van der Waals surface area contributed by atoms with Gasteiger partial charge in [-0.1, -0.05) is 6.92 Å². The smallest absolute Gasteiger partial charge is 0.328 e. The van der Waals surface area contributed by atoms with E-state index in [9.17, 15) is 9.59 Å². The third-order valence-corrected chi connectivity index (χ3v) is 2.45. The highest BCUT2D eigenvalue weighted by atomic mass is 16.5. The molecule has 2 unspecified atom stereocenters. The average Bonchev–Trinajstić information content (AvgIpc) is 2.35. The molecule has 1 aliphatic heterocycles. The van der Waals surface area contributed by atoms with E-state index in [1.165, 1.54) is 7.11 Å². The summed E-state index contributed by atoms with van der Waals surface area (Å²) in [6, 6.07) is -0.964. The molecule has 1 heterocycles. The molecule has 1 aliphatic rings. The van der Waals surface area contributed by atoms with Crippen LogP contribution >= 0.6 is 0 Å². The van der Waals surface area contributed by atoms with Crippen molar-refractivity contribution in [1.29, 1.82) is 0 Å². The summed E-state index contributed by atoms with van der Waals surface area (Å²) >= 11 is 0. The second-order valence-electron chi connectivity index (χ2n) is 3.57. The Morgan fingerprint density at radius 2 is 2.38 bits per heavy atom. The molecule has 1 rings (SSSR count). The van der Waals surface area contributed by atoms with Gasteiger partial charge in [0, 0.05) is 6.54 Å². The minimum atomic E-state index is -0.582. The van der Waals surface area contributed by atoms with Crippen LogP contribution in [0.3, 0.4) is 0 Å². The van der Waals surface area contributed by atoms with Crippen molar-refractivity contribution in [3.8, 4) is 0 Å². The summed E-state index contributed by atoms with van der Waals surface area (Å²) in [7, 11) is 1.30. The fourth-order valence-corrected chi connectivity index (χ4v) is 1.48.